The van der Waals surface area contributed by atoms with Crippen molar-refractivity contribution in [3.05, 3.63) is 71.4 Å². The van der Waals surface area contributed by atoms with E-state index >= 15 is 0 Å². The summed E-state index contributed by atoms with van der Waals surface area (Å²) in [7, 11) is 0. The van der Waals surface area contributed by atoms with Crippen molar-refractivity contribution in [1.29, 1.82) is 0 Å². The van der Waals surface area contributed by atoms with Gasteiger partial charge >= 0.3 is 0 Å². The first-order valence-electron chi connectivity index (χ1n) is 8.59. The van der Waals surface area contributed by atoms with E-state index in [0.29, 0.717) is 5.11 Å². The SMILES string of the molecule is CC(C)(C)c1ccc(CNC(=S)NCc2ccc3[nH]ccc3c2)cc1. The van der Waals surface area contributed by atoms with Crippen LogP contribution in [0.15, 0.2) is 54.7 Å². The zero-order chi connectivity index (χ0) is 17.9. The molecule has 0 radical (unpaired) electrons. The average molecular weight is 352 g/mol. The van der Waals surface area contributed by atoms with E-state index in [1.807, 2.05) is 6.20 Å². The van der Waals surface area contributed by atoms with Crippen LogP contribution >= 0.6 is 12.2 Å². The zero-order valence-corrected chi connectivity index (χ0v) is 15.8. The molecule has 0 aliphatic rings. The Morgan fingerprint density at radius 2 is 1.56 bits per heavy atom. The van der Waals surface area contributed by atoms with E-state index in [4.69, 9.17) is 12.2 Å². The van der Waals surface area contributed by atoms with Crippen LogP contribution in [0.3, 0.4) is 0 Å². The molecule has 3 N–H and O–H groups in total. The predicted octanol–water partition coefficient (Wildman–Crippen LogP) is 4.63. The highest BCUT2D eigenvalue weighted by Gasteiger charge is 2.12. The van der Waals surface area contributed by atoms with Gasteiger partial charge in [0.1, 0.15) is 0 Å². The normalized spacial score (nSPS) is 11.5. The molecule has 4 heteroatoms. The van der Waals surface area contributed by atoms with Gasteiger partial charge in [0.2, 0.25) is 0 Å². The fourth-order valence-electron chi connectivity index (χ4n) is 2.76. The van der Waals surface area contributed by atoms with Gasteiger partial charge in [0.15, 0.2) is 5.11 Å². The molecule has 0 atom stereocenters. The molecule has 0 spiro atoms. The molecule has 3 rings (SSSR count). The Labute approximate surface area is 154 Å². The Morgan fingerprint density at radius 1 is 0.920 bits per heavy atom. The van der Waals surface area contributed by atoms with Crippen LogP contribution in [0.1, 0.15) is 37.5 Å². The fraction of sp³-hybridized carbons (Fsp3) is 0.286. The van der Waals surface area contributed by atoms with Crippen LogP contribution in [0.25, 0.3) is 10.9 Å². The number of thiocarbonyl (C=S) groups is 1. The molecule has 0 amide bonds. The maximum absolute atomic E-state index is 5.39. The lowest BCUT2D eigenvalue weighted by molar-refractivity contribution is 0.590. The number of rotatable bonds is 4. The van der Waals surface area contributed by atoms with Gasteiger partial charge in [-0.25, -0.2) is 0 Å². The molecule has 2 aromatic carbocycles. The number of hydrogen-bond acceptors (Lipinski definition) is 1. The lowest BCUT2D eigenvalue weighted by Gasteiger charge is -2.19. The minimum atomic E-state index is 0.184. The van der Waals surface area contributed by atoms with Crippen molar-refractivity contribution in [3.8, 4) is 0 Å². The van der Waals surface area contributed by atoms with Crippen molar-refractivity contribution in [1.82, 2.24) is 15.6 Å². The van der Waals surface area contributed by atoms with Crippen molar-refractivity contribution < 1.29 is 0 Å². The molecule has 3 aromatic rings. The number of benzene rings is 2. The first-order valence-corrected chi connectivity index (χ1v) is 9.00. The summed E-state index contributed by atoms with van der Waals surface area (Å²) in [5.41, 5.74) is 5.13. The number of fused-ring (bicyclic) bond motifs is 1. The van der Waals surface area contributed by atoms with Crippen molar-refractivity contribution in [3.63, 3.8) is 0 Å². The third-order valence-electron chi connectivity index (χ3n) is 4.34. The first-order chi connectivity index (χ1) is 11.9. The molecule has 0 unspecified atom stereocenters. The van der Waals surface area contributed by atoms with Crippen LogP contribution in [0.5, 0.6) is 0 Å². The van der Waals surface area contributed by atoms with Gasteiger partial charge in [0.05, 0.1) is 0 Å². The molecule has 0 saturated carbocycles. The second-order valence-corrected chi connectivity index (χ2v) is 7.79. The lowest BCUT2D eigenvalue weighted by Crippen LogP contribution is -2.34. The first kappa shape index (κ1) is 17.5. The van der Waals surface area contributed by atoms with Crippen molar-refractivity contribution in [2.45, 2.75) is 39.3 Å². The van der Waals surface area contributed by atoms with Crippen molar-refractivity contribution in [2.24, 2.45) is 0 Å². The molecule has 3 nitrogen and oxygen atoms in total. The van der Waals surface area contributed by atoms with Gasteiger partial charge in [-0.05, 0) is 57.9 Å². The van der Waals surface area contributed by atoms with E-state index in [1.54, 1.807) is 0 Å². The molecule has 130 valence electrons. The molecule has 0 saturated heterocycles. The number of hydrogen-bond donors (Lipinski definition) is 3. The summed E-state index contributed by atoms with van der Waals surface area (Å²) >= 11 is 5.39. The van der Waals surface area contributed by atoms with E-state index in [1.165, 1.54) is 22.1 Å². The van der Waals surface area contributed by atoms with Crippen LogP contribution in [0.2, 0.25) is 0 Å². The van der Waals surface area contributed by atoms with Gasteiger partial charge in [-0.3, -0.25) is 0 Å². The molecular formula is C21H25N3S. The molecule has 1 aromatic heterocycles. The van der Waals surface area contributed by atoms with Gasteiger partial charge in [-0.1, -0.05) is 51.1 Å². The van der Waals surface area contributed by atoms with E-state index in [9.17, 15) is 0 Å². The summed E-state index contributed by atoms with van der Waals surface area (Å²) in [6.07, 6.45) is 1.96. The lowest BCUT2D eigenvalue weighted by atomic mass is 9.87. The summed E-state index contributed by atoms with van der Waals surface area (Å²) < 4.78 is 0. The van der Waals surface area contributed by atoms with Crippen LogP contribution in [0, 0.1) is 0 Å². The Morgan fingerprint density at radius 3 is 2.24 bits per heavy atom. The maximum atomic E-state index is 5.39. The summed E-state index contributed by atoms with van der Waals surface area (Å²) in [4.78, 5) is 3.20. The number of aromatic nitrogens is 1. The Bertz CT molecular complexity index is 857. The van der Waals surface area contributed by atoms with Crippen LogP contribution in [0.4, 0.5) is 0 Å². The van der Waals surface area contributed by atoms with Gasteiger partial charge in [-0.2, -0.15) is 0 Å². The Hall–Kier alpha value is -2.33. The smallest absolute Gasteiger partial charge is 0.166 e. The molecular weight excluding hydrogens is 326 g/mol. The minimum Gasteiger partial charge on any atom is -0.361 e. The standard InChI is InChI=1S/C21H25N3S/c1-21(2,3)18-7-4-15(5-8-18)13-23-20(25)24-14-16-6-9-19-17(12-16)10-11-22-19/h4-12,22H,13-14H2,1-3H3,(H2,23,24,25). The van der Waals surface area contributed by atoms with E-state index in [2.05, 4.69) is 84.9 Å². The minimum absolute atomic E-state index is 0.184. The number of aromatic amines is 1. The van der Waals surface area contributed by atoms with Gasteiger partial charge < -0.3 is 15.6 Å². The van der Waals surface area contributed by atoms with Crippen LogP contribution in [-0.2, 0) is 18.5 Å². The number of H-pyrrole nitrogens is 1. The predicted molar refractivity (Wildman–Crippen MR) is 110 cm³/mol. The molecule has 25 heavy (non-hydrogen) atoms. The summed E-state index contributed by atoms with van der Waals surface area (Å²) in [5, 5.41) is 8.44. The molecule has 0 aliphatic carbocycles. The highest BCUT2D eigenvalue weighted by molar-refractivity contribution is 7.80. The second-order valence-electron chi connectivity index (χ2n) is 7.38. The van der Waals surface area contributed by atoms with Crippen molar-refractivity contribution >= 4 is 28.2 Å². The van der Waals surface area contributed by atoms with Crippen LogP contribution < -0.4 is 10.6 Å². The van der Waals surface area contributed by atoms with Gasteiger partial charge in [0.25, 0.3) is 0 Å². The molecule has 0 aliphatic heterocycles. The fourth-order valence-corrected chi connectivity index (χ4v) is 2.91. The molecule has 0 bridgehead atoms. The molecule has 0 fully saturated rings. The Balaban J connectivity index is 1.49. The topological polar surface area (TPSA) is 39.8 Å². The molecule has 1 heterocycles. The monoisotopic (exact) mass is 351 g/mol. The summed E-state index contributed by atoms with van der Waals surface area (Å²) in [6, 6.07) is 17.2. The quantitative estimate of drug-likeness (QED) is 0.600. The third kappa shape index (κ3) is 4.60. The highest BCUT2D eigenvalue weighted by Crippen LogP contribution is 2.22. The van der Waals surface area contributed by atoms with Crippen LogP contribution in [-0.4, -0.2) is 10.1 Å². The maximum Gasteiger partial charge on any atom is 0.166 e. The average Bonchev–Trinajstić information content (AvgIpc) is 3.05. The van der Waals surface area contributed by atoms with Gasteiger partial charge in [0, 0.05) is 24.8 Å². The second kappa shape index (κ2) is 7.28. The summed E-state index contributed by atoms with van der Waals surface area (Å²) in [5.74, 6) is 0. The van der Waals surface area contributed by atoms with Gasteiger partial charge in [-0.15, -0.1) is 0 Å². The Kier molecular flexibility index (Phi) is 5.09. The summed E-state index contributed by atoms with van der Waals surface area (Å²) in [6.45, 7) is 8.13. The van der Waals surface area contributed by atoms with E-state index in [-0.39, 0.29) is 5.41 Å². The van der Waals surface area contributed by atoms with E-state index in [0.717, 1.165) is 18.6 Å². The number of nitrogens with one attached hydrogen (secondary N) is 3. The zero-order valence-electron chi connectivity index (χ0n) is 15.0. The van der Waals surface area contributed by atoms with E-state index < -0.39 is 0 Å². The largest absolute Gasteiger partial charge is 0.361 e. The van der Waals surface area contributed by atoms with Crippen molar-refractivity contribution in [2.75, 3.05) is 0 Å². The highest BCUT2D eigenvalue weighted by atomic mass is 32.1. The third-order valence-corrected chi connectivity index (χ3v) is 4.63.